The van der Waals surface area contributed by atoms with Crippen molar-refractivity contribution in [1.82, 2.24) is 0 Å². The Hall–Kier alpha value is -7.54. The van der Waals surface area contributed by atoms with Crippen LogP contribution in [0.15, 0.2) is 193 Å². The first-order valence-electron chi connectivity index (χ1n) is 22.7. The van der Waals surface area contributed by atoms with E-state index < -0.39 is 35.3 Å². The second-order valence-electron chi connectivity index (χ2n) is 16.2. The van der Waals surface area contributed by atoms with Crippen molar-refractivity contribution in [3.63, 3.8) is 0 Å². The highest BCUT2D eigenvalue weighted by molar-refractivity contribution is 5.92. The lowest BCUT2D eigenvalue weighted by molar-refractivity contribution is -0.143. The van der Waals surface area contributed by atoms with E-state index in [2.05, 4.69) is 0 Å². The molecule has 12 rings (SSSR count). The molecular formula is C56H52O12. The fourth-order valence-corrected chi connectivity index (χ4v) is 8.95. The molecule has 0 spiro atoms. The van der Waals surface area contributed by atoms with Gasteiger partial charge in [-0.1, -0.05) is 121 Å². The average Bonchev–Trinajstić information content (AvgIpc) is 3.86. The topological polar surface area (TPSA) is 126 Å². The van der Waals surface area contributed by atoms with Crippen LogP contribution in [0.5, 0.6) is 23.0 Å². The summed E-state index contributed by atoms with van der Waals surface area (Å²) in [6.07, 6.45) is -1.79. The van der Waals surface area contributed by atoms with Gasteiger partial charge in [-0.25, -0.2) is 9.59 Å². The van der Waals surface area contributed by atoms with Gasteiger partial charge in [0.2, 0.25) is 0 Å². The monoisotopic (exact) mass is 916 g/mol. The third-order valence-electron chi connectivity index (χ3n) is 12.0. The number of carbonyl (C=O) groups is 2. The number of ether oxygens (including phenoxy) is 10. The predicted molar refractivity (Wildman–Crippen MR) is 251 cm³/mol. The van der Waals surface area contributed by atoms with E-state index in [-0.39, 0.29) is 64.0 Å². The van der Waals surface area contributed by atoms with Crippen molar-refractivity contribution in [3.8, 4) is 23.0 Å². The number of hydrogen-bond donors (Lipinski definition) is 0. The number of allylic oxidation sites excluding steroid dienone is 2. The third-order valence-corrected chi connectivity index (χ3v) is 12.0. The summed E-state index contributed by atoms with van der Waals surface area (Å²) >= 11 is 0. The summed E-state index contributed by atoms with van der Waals surface area (Å²) in [4.78, 5) is 28.1. The second-order valence-corrected chi connectivity index (χ2v) is 16.2. The maximum Gasteiger partial charge on any atom is 0.340 e. The molecule has 12 nitrogen and oxygen atoms in total. The zero-order valence-corrected chi connectivity index (χ0v) is 37.9. The standard InChI is InChI=1S/C56H52O12/c1-39-49-51(55(67-39,41-15-7-3-8-16-41)42-17-9-4-10-18-42)63-35-31-59-45-23-25-46(26-24-45)60-32-36-64-52-50(40(2)68-56(52,43-19-11-5-12-20-43)44-21-13-6-14-22-44)54(58)66-38-34-62-48-29-27-47(28-30-48)61-33-37-65-53(49)57/h3-30,51-52H,31-38H2,1-2H3. The Labute approximate surface area is 395 Å². The number of benzene rings is 6. The van der Waals surface area contributed by atoms with E-state index in [9.17, 15) is 9.59 Å². The van der Waals surface area contributed by atoms with Crippen LogP contribution in [-0.2, 0) is 49.2 Å². The highest BCUT2D eigenvalue weighted by Crippen LogP contribution is 2.50. The largest absolute Gasteiger partial charge is 0.491 e. The zero-order chi connectivity index (χ0) is 46.8. The van der Waals surface area contributed by atoms with E-state index in [4.69, 9.17) is 47.4 Å². The molecular weight excluding hydrogens is 865 g/mol. The Morgan fingerprint density at radius 2 is 0.588 bits per heavy atom. The molecule has 2 atom stereocenters. The molecule has 6 aliphatic rings. The van der Waals surface area contributed by atoms with Gasteiger partial charge in [0.15, 0.2) is 11.2 Å². The Bertz CT molecular complexity index is 2420. The first-order valence-corrected chi connectivity index (χ1v) is 22.7. The summed E-state index contributed by atoms with van der Waals surface area (Å²) in [6.45, 7) is 4.14. The van der Waals surface area contributed by atoms with Crippen LogP contribution in [0.25, 0.3) is 0 Å². The Morgan fingerprint density at radius 3 is 0.868 bits per heavy atom. The van der Waals surface area contributed by atoms with Crippen LogP contribution in [0, 0.1) is 0 Å². The molecule has 2 unspecified atom stereocenters. The molecule has 4 bridgehead atoms. The molecule has 0 radical (unpaired) electrons. The predicted octanol–water partition coefficient (Wildman–Crippen LogP) is 9.27. The lowest BCUT2D eigenvalue weighted by atomic mass is 9.80. The molecule has 0 amide bonds. The lowest BCUT2D eigenvalue weighted by Gasteiger charge is -2.36. The van der Waals surface area contributed by atoms with Crippen LogP contribution in [0.2, 0.25) is 0 Å². The molecule has 6 aromatic rings. The van der Waals surface area contributed by atoms with E-state index >= 15 is 0 Å². The highest BCUT2D eigenvalue weighted by Gasteiger charge is 2.56. The van der Waals surface area contributed by atoms with Gasteiger partial charge in [0.05, 0.1) is 13.2 Å². The van der Waals surface area contributed by atoms with Crippen LogP contribution in [0.3, 0.4) is 0 Å². The summed E-state index contributed by atoms with van der Waals surface area (Å²) in [5, 5.41) is 0. The fraction of sp³-hybridized carbons (Fsp3) is 0.250. The molecule has 68 heavy (non-hydrogen) atoms. The second kappa shape index (κ2) is 21.0. The van der Waals surface area contributed by atoms with Gasteiger partial charge < -0.3 is 47.4 Å². The summed E-state index contributed by atoms with van der Waals surface area (Å²) in [6, 6.07) is 53.1. The van der Waals surface area contributed by atoms with Gasteiger partial charge in [-0.15, -0.1) is 0 Å². The smallest absolute Gasteiger partial charge is 0.340 e. The van der Waals surface area contributed by atoms with E-state index in [1.54, 1.807) is 62.4 Å². The molecule has 0 aliphatic carbocycles. The van der Waals surface area contributed by atoms with Gasteiger partial charge in [-0.3, -0.25) is 0 Å². The number of rotatable bonds is 4. The number of carbonyl (C=O) groups excluding carboxylic acids is 2. The minimum Gasteiger partial charge on any atom is -0.491 e. The van der Waals surface area contributed by atoms with Crippen LogP contribution in [0.4, 0.5) is 0 Å². The summed E-state index contributed by atoms with van der Waals surface area (Å²) in [5.74, 6) is 1.89. The third kappa shape index (κ3) is 9.51. The van der Waals surface area contributed by atoms with Crippen molar-refractivity contribution < 1.29 is 57.0 Å². The lowest BCUT2D eigenvalue weighted by Crippen LogP contribution is -2.43. The average molecular weight is 917 g/mol. The number of esters is 2. The van der Waals surface area contributed by atoms with E-state index in [1.807, 2.05) is 121 Å². The van der Waals surface area contributed by atoms with Crippen LogP contribution >= 0.6 is 0 Å². The molecule has 0 fully saturated rings. The SMILES string of the molecule is CC1=C2C(=O)OCCOc3ccc(cc3)OCCOC(=O)C3=C(C)OC(c4ccccc4)(c4ccccc4)C3OCCOc3ccc(cc3)OCCOC2C(c2ccccc2)(c2ccccc2)O1. The summed E-state index contributed by atoms with van der Waals surface area (Å²) < 4.78 is 62.7. The quantitative estimate of drug-likeness (QED) is 0.157. The molecule has 0 N–H and O–H groups in total. The Morgan fingerprint density at radius 1 is 0.338 bits per heavy atom. The van der Waals surface area contributed by atoms with Gasteiger partial charge in [-0.05, 0) is 62.4 Å². The molecule has 6 aliphatic heterocycles. The highest BCUT2D eigenvalue weighted by atomic mass is 16.6. The van der Waals surface area contributed by atoms with Crippen molar-refractivity contribution in [2.24, 2.45) is 0 Å². The van der Waals surface area contributed by atoms with Crippen LogP contribution < -0.4 is 18.9 Å². The van der Waals surface area contributed by atoms with Gasteiger partial charge in [0.25, 0.3) is 0 Å². The number of hydrogen-bond acceptors (Lipinski definition) is 12. The Balaban J connectivity index is 0.963. The summed E-state index contributed by atoms with van der Waals surface area (Å²) in [7, 11) is 0. The van der Waals surface area contributed by atoms with Crippen LogP contribution in [0.1, 0.15) is 36.1 Å². The van der Waals surface area contributed by atoms with Crippen molar-refractivity contribution in [2.45, 2.75) is 37.3 Å². The molecule has 12 heteroatoms. The Kier molecular flexibility index (Phi) is 14.1. The van der Waals surface area contributed by atoms with Gasteiger partial charge in [0, 0.05) is 22.3 Å². The molecule has 348 valence electrons. The van der Waals surface area contributed by atoms with Crippen molar-refractivity contribution in [1.29, 1.82) is 0 Å². The fourth-order valence-electron chi connectivity index (χ4n) is 8.95. The van der Waals surface area contributed by atoms with E-state index in [1.165, 1.54) is 0 Å². The van der Waals surface area contributed by atoms with E-state index in [0.717, 1.165) is 22.3 Å². The van der Waals surface area contributed by atoms with Crippen LogP contribution in [-0.4, -0.2) is 77.0 Å². The summed E-state index contributed by atoms with van der Waals surface area (Å²) in [5.41, 5.74) is 1.38. The van der Waals surface area contributed by atoms with Gasteiger partial charge in [0.1, 0.15) is 97.5 Å². The van der Waals surface area contributed by atoms with Crippen molar-refractivity contribution in [2.75, 3.05) is 52.9 Å². The van der Waals surface area contributed by atoms with Gasteiger partial charge in [-0.2, -0.15) is 0 Å². The maximum absolute atomic E-state index is 14.0. The minimum atomic E-state index is -1.20. The first kappa shape index (κ1) is 45.6. The molecule has 6 aromatic carbocycles. The molecule has 0 saturated carbocycles. The maximum atomic E-state index is 14.0. The van der Waals surface area contributed by atoms with E-state index in [0.29, 0.717) is 34.5 Å². The zero-order valence-electron chi connectivity index (χ0n) is 37.9. The normalized spacial score (nSPS) is 20.1. The minimum absolute atomic E-state index is 0.0386. The van der Waals surface area contributed by atoms with Crippen molar-refractivity contribution in [3.05, 3.63) is 215 Å². The van der Waals surface area contributed by atoms with Gasteiger partial charge >= 0.3 is 11.9 Å². The van der Waals surface area contributed by atoms with Crippen molar-refractivity contribution >= 4 is 11.9 Å². The molecule has 0 aromatic heterocycles. The molecule has 0 saturated heterocycles. The molecule has 6 heterocycles. The first-order chi connectivity index (χ1) is 33.4.